The second kappa shape index (κ2) is 8.68. The Labute approximate surface area is 169 Å². The van der Waals surface area contributed by atoms with E-state index in [4.69, 9.17) is 18.9 Å². The molecule has 7 heteroatoms. The minimum atomic E-state index is 0.559. The van der Waals surface area contributed by atoms with Gasteiger partial charge in [-0.3, -0.25) is 0 Å². The third-order valence-corrected chi connectivity index (χ3v) is 4.64. The quantitative estimate of drug-likeness (QED) is 0.657. The second-order valence-corrected chi connectivity index (χ2v) is 6.49. The number of nitrogens with zero attached hydrogens (tertiary/aromatic N) is 2. The highest BCUT2D eigenvalue weighted by molar-refractivity contribution is 5.64. The summed E-state index contributed by atoms with van der Waals surface area (Å²) in [7, 11) is 3.27. The normalized spacial score (nSPS) is 12.3. The smallest absolute Gasteiger partial charge is 0.223 e. The Bertz CT molecular complexity index is 994. The molecule has 4 rings (SSSR count). The highest BCUT2D eigenvalue weighted by atomic mass is 16.6. The van der Waals surface area contributed by atoms with Crippen LogP contribution in [0.3, 0.4) is 0 Å². The SMILES string of the molecule is COc1ccc(CCNc2nccc(-c3ccc4c(c3)OCCO4)n2)cc1OC. The topological polar surface area (TPSA) is 74.7 Å². The summed E-state index contributed by atoms with van der Waals surface area (Å²) in [5.74, 6) is 3.54. The van der Waals surface area contributed by atoms with Crippen molar-refractivity contribution in [1.82, 2.24) is 9.97 Å². The van der Waals surface area contributed by atoms with Crippen LogP contribution in [-0.4, -0.2) is 43.9 Å². The highest BCUT2D eigenvalue weighted by Crippen LogP contribution is 2.34. The van der Waals surface area contributed by atoms with E-state index >= 15 is 0 Å². The summed E-state index contributed by atoms with van der Waals surface area (Å²) in [4.78, 5) is 8.94. The molecular formula is C22H23N3O4. The fourth-order valence-electron chi connectivity index (χ4n) is 3.16. The van der Waals surface area contributed by atoms with Gasteiger partial charge in [0.25, 0.3) is 0 Å². The van der Waals surface area contributed by atoms with Crippen molar-refractivity contribution in [2.45, 2.75) is 6.42 Å². The first-order valence-corrected chi connectivity index (χ1v) is 9.44. The van der Waals surface area contributed by atoms with Gasteiger partial charge in [0.05, 0.1) is 19.9 Å². The van der Waals surface area contributed by atoms with E-state index in [2.05, 4.69) is 15.3 Å². The van der Waals surface area contributed by atoms with E-state index in [0.717, 1.165) is 46.2 Å². The summed E-state index contributed by atoms with van der Waals surface area (Å²) in [6, 6.07) is 13.6. The van der Waals surface area contributed by atoms with Crippen LogP contribution in [0.4, 0.5) is 5.95 Å². The fraction of sp³-hybridized carbons (Fsp3) is 0.273. The predicted molar refractivity (Wildman–Crippen MR) is 110 cm³/mol. The Balaban J connectivity index is 1.42. The van der Waals surface area contributed by atoms with E-state index < -0.39 is 0 Å². The van der Waals surface area contributed by atoms with E-state index in [-0.39, 0.29) is 0 Å². The number of aromatic nitrogens is 2. The molecule has 0 spiro atoms. The molecule has 1 N–H and O–H groups in total. The first-order valence-electron chi connectivity index (χ1n) is 9.44. The number of hydrogen-bond acceptors (Lipinski definition) is 7. The van der Waals surface area contributed by atoms with Gasteiger partial charge in [0.15, 0.2) is 23.0 Å². The van der Waals surface area contributed by atoms with Gasteiger partial charge in [-0.05, 0) is 48.4 Å². The number of anilines is 1. The van der Waals surface area contributed by atoms with E-state index in [0.29, 0.717) is 25.7 Å². The first kappa shape index (κ1) is 18.9. The molecule has 3 aromatic rings. The number of hydrogen-bond donors (Lipinski definition) is 1. The van der Waals surface area contributed by atoms with Crippen molar-refractivity contribution >= 4 is 5.95 Å². The Morgan fingerprint density at radius 1 is 0.931 bits per heavy atom. The molecule has 1 aliphatic rings. The van der Waals surface area contributed by atoms with Gasteiger partial charge in [-0.1, -0.05) is 6.07 Å². The summed E-state index contributed by atoms with van der Waals surface area (Å²) in [6.07, 6.45) is 2.55. The van der Waals surface area contributed by atoms with Gasteiger partial charge in [-0.25, -0.2) is 9.97 Å². The minimum Gasteiger partial charge on any atom is -0.493 e. The molecule has 0 saturated carbocycles. The predicted octanol–water partition coefficient (Wildman–Crippen LogP) is 3.59. The van der Waals surface area contributed by atoms with Crippen LogP contribution in [0.5, 0.6) is 23.0 Å². The Kier molecular flexibility index (Phi) is 5.65. The number of rotatable bonds is 7. The van der Waals surface area contributed by atoms with E-state index in [9.17, 15) is 0 Å². The molecule has 2 heterocycles. The molecule has 2 aromatic carbocycles. The van der Waals surface area contributed by atoms with Crippen molar-refractivity contribution < 1.29 is 18.9 Å². The van der Waals surface area contributed by atoms with Crippen LogP contribution in [0.25, 0.3) is 11.3 Å². The fourth-order valence-corrected chi connectivity index (χ4v) is 3.16. The molecule has 0 atom stereocenters. The number of benzene rings is 2. The summed E-state index contributed by atoms with van der Waals surface area (Å²) < 4.78 is 21.9. The van der Waals surface area contributed by atoms with Crippen molar-refractivity contribution in [3.63, 3.8) is 0 Å². The Hall–Kier alpha value is -3.48. The van der Waals surface area contributed by atoms with Crippen molar-refractivity contribution in [3.05, 3.63) is 54.2 Å². The van der Waals surface area contributed by atoms with Crippen LogP contribution >= 0.6 is 0 Å². The molecule has 1 aliphatic heterocycles. The molecule has 0 saturated heterocycles. The van der Waals surface area contributed by atoms with Crippen molar-refractivity contribution in [2.24, 2.45) is 0 Å². The monoisotopic (exact) mass is 393 g/mol. The maximum atomic E-state index is 5.66. The molecule has 0 radical (unpaired) electrons. The molecule has 0 amide bonds. The van der Waals surface area contributed by atoms with Crippen molar-refractivity contribution in [1.29, 1.82) is 0 Å². The molecular weight excluding hydrogens is 370 g/mol. The van der Waals surface area contributed by atoms with Gasteiger partial charge in [-0.2, -0.15) is 0 Å². The molecule has 29 heavy (non-hydrogen) atoms. The van der Waals surface area contributed by atoms with Crippen LogP contribution < -0.4 is 24.3 Å². The second-order valence-electron chi connectivity index (χ2n) is 6.49. The van der Waals surface area contributed by atoms with E-state index in [1.807, 2.05) is 42.5 Å². The third-order valence-electron chi connectivity index (χ3n) is 4.64. The van der Waals surface area contributed by atoms with Gasteiger partial charge in [0, 0.05) is 18.3 Å². The van der Waals surface area contributed by atoms with Gasteiger partial charge in [-0.15, -0.1) is 0 Å². The Morgan fingerprint density at radius 3 is 2.59 bits per heavy atom. The highest BCUT2D eigenvalue weighted by Gasteiger charge is 2.13. The van der Waals surface area contributed by atoms with E-state index in [1.165, 1.54) is 0 Å². The van der Waals surface area contributed by atoms with Crippen LogP contribution in [0.2, 0.25) is 0 Å². The lowest BCUT2D eigenvalue weighted by Gasteiger charge is -2.18. The molecule has 150 valence electrons. The first-order chi connectivity index (χ1) is 14.3. The molecule has 0 fully saturated rings. The summed E-state index contributed by atoms with van der Waals surface area (Å²) in [6.45, 7) is 1.83. The van der Waals surface area contributed by atoms with Gasteiger partial charge in [0.2, 0.25) is 5.95 Å². The van der Waals surface area contributed by atoms with Crippen LogP contribution in [0, 0.1) is 0 Å². The standard InChI is InChI=1S/C22H23N3O4/c1-26-18-5-3-15(13-20(18)27-2)7-9-23-22-24-10-8-17(25-22)16-4-6-19-21(14-16)29-12-11-28-19/h3-6,8,10,13-14H,7,9,11-12H2,1-2H3,(H,23,24,25). The maximum Gasteiger partial charge on any atom is 0.223 e. The lowest BCUT2D eigenvalue weighted by atomic mass is 10.1. The maximum absolute atomic E-state index is 5.66. The van der Waals surface area contributed by atoms with E-state index in [1.54, 1.807) is 20.4 Å². The average molecular weight is 393 g/mol. The third kappa shape index (κ3) is 4.34. The van der Waals surface area contributed by atoms with Crippen LogP contribution in [0.15, 0.2) is 48.7 Å². The molecule has 7 nitrogen and oxygen atoms in total. The zero-order valence-electron chi connectivity index (χ0n) is 16.5. The minimum absolute atomic E-state index is 0.559. The zero-order chi connectivity index (χ0) is 20.1. The summed E-state index contributed by atoms with van der Waals surface area (Å²) in [5, 5.41) is 3.28. The summed E-state index contributed by atoms with van der Waals surface area (Å²) >= 11 is 0. The van der Waals surface area contributed by atoms with Gasteiger partial charge < -0.3 is 24.3 Å². The zero-order valence-corrected chi connectivity index (χ0v) is 16.5. The number of fused-ring (bicyclic) bond motifs is 1. The average Bonchev–Trinajstić information content (AvgIpc) is 2.79. The van der Waals surface area contributed by atoms with Crippen molar-refractivity contribution in [2.75, 3.05) is 39.3 Å². The Morgan fingerprint density at radius 2 is 1.76 bits per heavy atom. The summed E-state index contributed by atoms with van der Waals surface area (Å²) in [5.41, 5.74) is 2.92. The molecule has 0 bridgehead atoms. The largest absolute Gasteiger partial charge is 0.493 e. The number of nitrogens with one attached hydrogen (secondary N) is 1. The lowest BCUT2D eigenvalue weighted by molar-refractivity contribution is 0.171. The molecule has 1 aromatic heterocycles. The van der Waals surface area contributed by atoms with Crippen LogP contribution in [0.1, 0.15) is 5.56 Å². The van der Waals surface area contributed by atoms with Gasteiger partial charge in [0.1, 0.15) is 13.2 Å². The molecule has 0 unspecified atom stereocenters. The van der Waals surface area contributed by atoms with Crippen LogP contribution in [-0.2, 0) is 6.42 Å². The molecule has 0 aliphatic carbocycles. The number of methoxy groups -OCH3 is 2. The number of ether oxygens (including phenoxy) is 4. The van der Waals surface area contributed by atoms with Gasteiger partial charge >= 0.3 is 0 Å². The van der Waals surface area contributed by atoms with Crippen molar-refractivity contribution in [3.8, 4) is 34.3 Å². The lowest BCUT2D eigenvalue weighted by Crippen LogP contribution is -2.15.